The molecule has 1 saturated heterocycles. The van der Waals surface area contributed by atoms with Crippen LogP contribution in [0.2, 0.25) is 0 Å². The highest BCUT2D eigenvalue weighted by Gasteiger charge is 2.40. The van der Waals surface area contributed by atoms with Gasteiger partial charge in [0.05, 0.1) is 0 Å². The van der Waals surface area contributed by atoms with Crippen molar-refractivity contribution in [1.82, 2.24) is 10.2 Å². The molecule has 0 aromatic heterocycles. The van der Waals surface area contributed by atoms with Crippen molar-refractivity contribution in [2.24, 2.45) is 5.92 Å². The molecule has 1 aliphatic heterocycles. The van der Waals surface area contributed by atoms with Crippen LogP contribution < -0.4 is 5.32 Å². The van der Waals surface area contributed by atoms with Gasteiger partial charge in [0.2, 0.25) is 11.8 Å². The largest absolute Gasteiger partial charge is 0.342 e. The van der Waals surface area contributed by atoms with Crippen LogP contribution in [0.15, 0.2) is 12.7 Å². The van der Waals surface area contributed by atoms with Gasteiger partial charge in [-0.15, -0.1) is 6.58 Å². The predicted molar refractivity (Wildman–Crippen MR) is 84.7 cm³/mol. The quantitative estimate of drug-likeness (QED) is 0.551. The van der Waals surface area contributed by atoms with E-state index in [4.69, 9.17) is 0 Å². The number of hydrogen-bond acceptors (Lipinski definition) is 3. The molecule has 1 N–H and O–H groups in total. The molecule has 5 heteroatoms. The van der Waals surface area contributed by atoms with E-state index in [9.17, 15) is 9.59 Å². The number of rotatable bonds is 8. The molecule has 1 aliphatic rings. The van der Waals surface area contributed by atoms with E-state index in [0.29, 0.717) is 13.0 Å². The molecule has 3 atom stereocenters. The zero-order valence-corrected chi connectivity index (χ0v) is 13.5. The van der Waals surface area contributed by atoms with E-state index >= 15 is 0 Å². The Bertz CT molecular complexity index is 360. The number of nitrogens with one attached hydrogen (secondary N) is 1. The lowest BCUT2D eigenvalue weighted by Gasteiger charge is -2.40. The van der Waals surface area contributed by atoms with Crippen LogP contribution in [-0.2, 0) is 9.59 Å². The second-order valence-corrected chi connectivity index (χ2v) is 6.34. The Hall–Kier alpha value is -0.970. The SMILES string of the molecule is C=CCSCCN1C(=O)C(C(C)CC)NC(=O)C1CC. The van der Waals surface area contributed by atoms with Gasteiger partial charge in [0.15, 0.2) is 0 Å². The minimum atomic E-state index is -0.361. The number of carbonyl (C=O) groups excluding carboxylic acids is 2. The molecule has 0 bridgehead atoms. The first-order valence-corrected chi connectivity index (χ1v) is 8.51. The van der Waals surface area contributed by atoms with Crippen molar-refractivity contribution < 1.29 is 9.59 Å². The smallest absolute Gasteiger partial charge is 0.246 e. The first-order valence-electron chi connectivity index (χ1n) is 7.36. The van der Waals surface area contributed by atoms with Gasteiger partial charge < -0.3 is 10.2 Å². The molecule has 4 nitrogen and oxygen atoms in total. The van der Waals surface area contributed by atoms with Crippen molar-refractivity contribution in [2.75, 3.05) is 18.1 Å². The van der Waals surface area contributed by atoms with E-state index in [2.05, 4.69) is 11.9 Å². The Labute approximate surface area is 126 Å². The third-order valence-corrected chi connectivity index (χ3v) is 4.78. The van der Waals surface area contributed by atoms with Crippen LogP contribution >= 0.6 is 11.8 Å². The molecular formula is C15H26N2O2S. The third-order valence-electron chi connectivity index (χ3n) is 3.84. The van der Waals surface area contributed by atoms with Crippen molar-refractivity contribution in [3.8, 4) is 0 Å². The fourth-order valence-corrected chi connectivity index (χ4v) is 3.07. The summed E-state index contributed by atoms with van der Waals surface area (Å²) in [5.41, 5.74) is 0. The topological polar surface area (TPSA) is 49.4 Å². The summed E-state index contributed by atoms with van der Waals surface area (Å²) in [4.78, 5) is 26.5. The van der Waals surface area contributed by atoms with E-state index in [0.717, 1.165) is 17.9 Å². The maximum atomic E-state index is 12.6. The molecule has 0 aliphatic carbocycles. The first-order chi connectivity index (χ1) is 9.56. The van der Waals surface area contributed by atoms with Crippen LogP contribution in [0, 0.1) is 5.92 Å². The van der Waals surface area contributed by atoms with E-state index in [1.54, 1.807) is 16.7 Å². The van der Waals surface area contributed by atoms with Gasteiger partial charge in [-0.3, -0.25) is 9.59 Å². The minimum absolute atomic E-state index is 0.00822. The molecule has 0 saturated carbocycles. The molecule has 1 heterocycles. The number of hydrogen-bond donors (Lipinski definition) is 1. The van der Waals surface area contributed by atoms with Gasteiger partial charge in [-0.2, -0.15) is 11.8 Å². The molecule has 20 heavy (non-hydrogen) atoms. The summed E-state index contributed by atoms with van der Waals surface area (Å²) in [6, 6.07) is -0.674. The Balaban J connectivity index is 2.75. The van der Waals surface area contributed by atoms with Crippen LogP contribution in [0.4, 0.5) is 0 Å². The third kappa shape index (κ3) is 4.01. The molecule has 0 radical (unpaired) electrons. The second kappa shape index (κ2) is 8.35. The molecule has 0 aromatic carbocycles. The Morgan fingerprint density at radius 3 is 2.70 bits per heavy atom. The van der Waals surface area contributed by atoms with Crippen LogP contribution in [0.25, 0.3) is 0 Å². The fraction of sp³-hybridized carbons (Fsp3) is 0.733. The van der Waals surface area contributed by atoms with E-state index in [1.165, 1.54) is 0 Å². The summed E-state index contributed by atoms with van der Waals surface area (Å²) >= 11 is 1.73. The van der Waals surface area contributed by atoms with E-state index < -0.39 is 0 Å². The van der Waals surface area contributed by atoms with E-state index in [-0.39, 0.29) is 29.8 Å². The highest BCUT2D eigenvalue weighted by molar-refractivity contribution is 7.99. The zero-order valence-electron chi connectivity index (χ0n) is 12.7. The lowest BCUT2D eigenvalue weighted by molar-refractivity contribution is -0.150. The summed E-state index contributed by atoms with van der Waals surface area (Å²) in [6.07, 6.45) is 3.40. The van der Waals surface area contributed by atoms with Gasteiger partial charge in [0, 0.05) is 18.1 Å². The average molecular weight is 298 g/mol. The van der Waals surface area contributed by atoms with Crippen molar-refractivity contribution in [1.29, 1.82) is 0 Å². The molecule has 114 valence electrons. The summed E-state index contributed by atoms with van der Waals surface area (Å²) in [7, 11) is 0. The molecule has 2 amide bonds. The maximum Gasteiger partial charge on any atom is 0.246 e. The van der Waals surface area contributed by atoms with Crippen LogP contribution in [0.3, 0.4) is 0 Å². The number of carbonyl (C=O) groups is 2. The Morgan fingerprint density at radius 1 is 1.45 bits per heavy atom. The van der Waals surface area contributed by atoms with Crippen molar-refractivity contribution in [2.45, 2.75) is 45.7 Å². The van der Waals surface area contributed by atoms with Gasteiger partial charge >= 0.3 is 0 Å². The fourth-order valence-electron chi connectivity index (χ4n) is 2.41. The van der Waals surface area contributed by atoms with Gasteiger partial charge in [-0.1, -0.05) is 33.3 Å². The highest BCUT2D eigenvalue weighted by atomic mass is 32.2. The molecule has 3 unspecified atom stereocenters. The van der Waals surface area contributed by atoms with Gasteiger partial charge in [-0.05, 0) is 12.3 Å². The monoisotopic (exact) mass is 298 g/mol. The van der Waals surface area contributed by atoms with Gasteiger partial charge in [0.25, 0.3) is 0 Å². The number of amides is 2. The summed E-state index contributed by atoms with van der Waals surface area (Å²) < 4.78 is 0. The van der Waals surface area contributed by atoms with Crippen molar-refractivity contribution in [3.63, 3.8) is 0 Å². The minimum Gasteiger partial charge on any atom is -0.342 e. The number of thioether (sulfide) groups is 1. The lowest BCUT2D eigenvalue weighted by Crippen LogP contribution is -2.65. The zero-order chi connectivity index (χ0) is 15.1. The highest BCUT2D eigenvalue weighted by Crippen LogP contribution is 2.20. The standard InChI is InChI=1S/C15H26N2O2S/c1-5-9-20-10-8-17-12(7-3)14(18)16-13(15(17)19)11(4)6-2/h5,11-13H,1,6-10H2,2-4H3,(H,16,18). The van der Waals surface area contributed by atoms with Crippen molar-refractivity contribution >= 4 is 23.6 Å². The van der Waals surface area contributed by atoms with Crippen LogP contribution in [0.5, 0.6) is 0 Å². The average Bonchev–Trinajstić information content (AvgIpc) is 2.45. The molecule has 0 spiro atoms. The van der Waals surface area contributed by atoms with Crippen LogP contribution in [-0.4, -0.2) is 46.8 Å². The summed E-state index contributed by atoms with van der Waals surface area (Å²) in [5, 5.41) is 2.90. The van der Waals surface area contributed by atoms with Crippen molar-refractivity contribution in [3.05, 3.63) is 12.7 Å². The second-order valence-electron chi connectivity index (χ2n) is 5.19. The van der Waals surface area contributed by atoms with Crippen LogP contribution in [0.1, 0.15) is 33.6 Å². The summed E-state index contributed by atoms with van der Waals surface area (Å²) in [6.45, 7) is 10.3. The Morgan fingerprint density at radius 2 is 2.15 bits per heavy atom. The first kappa shape index (κ1) is 17.1. The number of piperazine rings is 1. The molecular weight excluding hydrogens is 272 g/mol. The summed E-state index contributed by atoms with van der Waals surface area (Å²) in [5.74, 6) is 1.96. The number of nitrogens with zero attached hydrogens (tertiary/aromatic N) is 1. The van der Waals surface area contributed by atoms with E-state index in [1.807, 2.05) is 26.8 Å². The maximum absolute atomic E-state index is 12.6. The molecule has 1 rings (SSSR count). The Kier molecular flexibility index (Phi) is 7.13. The molecule has 0 aromatic rings. The van der Waals surface area contributed by atoms with Gasteiger partial charge in [-0.25, -0.2) is 0 Å². The molecule has 1 fully saturated rings. The normalized spacial score (nSPS) is 24.4. The lowest BCUT2D eigenvalue weighted by atomic mass is 9.93. The predicted octanol–water partition coefficient (Wildman–Crippen LogP) is 2.06. The van der Waals surface area contributed by atoms with Gasteiger partial charge in [0.1, 0.15) is 12.1 Å².